The van der Waals surface area contributed by atoms with E-state index >= 15 is 0 Å². The minimum absolute atomic E-state index is 0.0202. The highest BCUT2D eigenvalue weighted by Crippen LogP contribution is 2.38. The van der Waals surface area contributed by atoms with E-state index in [4.69, 9.17) is 0 Å². The zero-order valence-electron chi connectivity index (χ0n) is 16.1. The smallest absolute Gasteiger partial charge is 0.308 e. The topological polar surface area (TPSA) is 32.3 Å². The number of benzene rings is 2. The van der Waals surface area contributed by atoms with Crippen molar-refractivity contribution in [3.8, 4) is 0 Å². The summed E-state index contributed by atoms with van der Waals surface area (Å²) < 4.78 is 0. The molecule has 1 aliphatic heterocycles. The van der Waals surface area contributed by atoms with Crippen molar-refractivity contribution in [1.29, 1.82) is 0 Å². The van der Waals surface area contributed by atoms with E-state index < -0.39 is 0 Å². The minimum atomic E-state index is -0.0202. The van der Waals surface area contributed by atoms with E-state index in [9.17, 15) is 4.79 Å². The summed E-state index contributed by atoms with van der Waals surface area (Å²) in [6.07, 6.45) is 0.964. The predicted molar refractivity (Wildman–Crippen MR) is 112 cm³/mol. The van der Waals surface area contributed by atoms with E-state index in [1.54, 1.807) is 0 Å². The van der Waals surface area contributed by atoms with Crippen molar-refractivity contribution in [3.05, 3.63) is 65.2 Å². The van der Waals surface area contributed by atoms with E-state index in [1.807, 2.05) is 34.9 Å². The Kier molecular flexibility index (Phi) is 5.61. The van der Waals surface area contributed by atoms with Gasteiger partial charge in [-0.05, 0) is 40.7 Å². The van der Waals surface area contributed by atoms with Crippen LogP contribution in [0.25, 0.3) is 0 Å². The number of nitrogens with one attached hydrogen (secondary N) is 1. The minimum Gasteiger partial charge on any atom is -0.308 e. The molecule has 4 heteroatoms. The maximum atomic E-state index is 12.8. The molecule has 1 heterocycles. The van der Waals surface area contributed by atoms with Gasteiger partial charge in [-0.15, -0.1) is 11.8 Å². The molecule has 0 aromatic heterocycles. The van der Waals surface area contributed by atoms with Crippen LogP contribution in [0.15, 0.2) is 48.5 Å². The lowest BCUT2D eigenvalue weighted by Crippen LogP contribution is -2.34. The fourth-order valence-electron chi connectivity index (χ4n) is 3.17. The van der Waals surface area contributed by atoms with Gasteiger partial charge in [-0.2, -0.15) is 0 Å². The third kappa shape index (κ3) is 4.24. The number of nitrogens with zero attached hydrogens (tertiary/aromatic N) is 1. The summed E-state index contributed by atoms with van der Waals surface area (Å²) in [5.74, 6) is 0.966. The first-order chi connectivity index (χ1) is 12.4. The summed E-state index contributed by atoms with van der Waals surface area (Å²) in [6.45, 7) is 9.55. The summed E-state index contributed by atoms with van der Waals surface area (Å²) in [4.78, 5) is 14.8. The lowest BCUT2D eigenvalue weighted by atomic mass is 9.87. The van der Waals surface area contributed by atoms with Gasteiger partial charge in [0.25, 0.3) is 0 Å². The zero-order valence-corrected chi connectivity index (χ0v) is 16.9. The van der Waals surface area contributed by atoms with Gasteiger partial charge in [0.05, 0.1) is 0 Å². The summed E-state index contributed by atoms with van der Waals surface area (Å²) in [7, 11) is 0. The monoisotopic (exact) mass is 368 g/mol. The molecule has 2 aromatic rings. The standard InChI is InChI=1S/C22H28N2OS/c1-5-16-7-6-8-19(15-16)23-21(25)24-13-14-26-20(24)17-9-11-18(12-10-17)22(2,3)4/h6-12,15,20H,5,13-14H2,1-4H3,(H,23,25)/t20-/m1/s1. The van der Waals surface area contributed by atoms with E-state index in [0.29, 0.717) is 0 Å². The van der Waals surface area contributed by atoms with Gasteiger partial charge in [0.1, 0.15) is 5.37 Å². The molecule has 1 aliphatic rings. The molecule has 0 saturated carbocycles. The highest BCUT2D eigenvalue weighted by Gasteiger charge is 2.31. The second-order valence-corrected chi connectivity index (χ2v) is 8.96. The van der Waals surface area contributed by atoms with Crippen molar-refractivity contribution in [2.45, 2.75) is 44.9 Å². The number of carbonyl (C=O) groups excluding carboxylic acids is 1. The van der Waals surface area contributed by atoms with Gasteiger partial charge in [0, 0.05) is 18.0 Å². The first-order valence-corrected chi connectivity index (χ1v) is 10.3. The number of hydrogen-bond acceptors (Lipinski definition) is 2. The number of urea groups is 1. The van der Waals surface area contributed by atoms with Gasteiger partial charge in [0.2, 0.25) is 0 Å². The van der Waals surface area contributed by atoms with Crippen LogP contribution in [0.4, 0.5) is 10.5 Å². The summed E-state index contributed by atoms with van der Waals surface area (Å²) in [5, 5.41) is 3.15. The predicted octanol–water partition coefficient (Wildman–Crippen LogP) is 5.83. The average Bonchev–Trinajstić information content (AvgIpc) is 3.11. The molecule has 138 valence electrons. The average molecular weight is 369 g/mol. The Morgan fingerprint density at radius 1 is 1.19 bits per heavy atom. The van der Waals surface area contributed by atoms with Crippen molar-refractivity contribution in [2.24, 2.45) is 0 Å². The number of rotatable bonds is 3. The van der Waals surface area contributed by atoms with Gasteiger partial charge in [-0.25, -0.2) is 4.79 Å². The third-order valence-electron chi connectivity index (χ3n) is 4.80. The molecule has 1 atom stereocenters. The molecular formula is C22H28N2OS. The molecule has 1 N–H and O–H groups in total. The molecule has 2 amide bonds. The second kappa shape index (κ2) is 7.75. The number of amides is 2. The molecule has 0 aliphatic carbocycles. The maximum absolute atomic E-state index is 12.8. The Bertz CT molecular complexity index is 764. The first-order valence-electron chi connectivity index (χ1n) is 9.27. The number of aryl methyl sites for hydroxylation is 1. The molecule has 26 heavy (non-hydrogen) atoms. The molecule has 3 nitrogen and oxygen atoms in total. The molecule has 2 aromatic carbocycles. The highest BCUT2D eigenvalue weighted by atomic mass is 32.2. The first kappa shape index (κ1) is 18.8. The van der Waals surface area contributed by atoms with E-state index in [2.05, 4.69) is 63.3 Å². The van der Waals surface area contributed by atoms with E-state index in [0.717, 1.165) is 24.4 Å². The molecule has 0 bridgehead atoms. The molecule has 1 saturated heterocycles. The zero-order chi connectivity index (χ0) is 18.7. The van der Waals surface area contributed by atoms with E-state index in [1.165, 1.54) is 16.7 Å². The normalized spacial score (nSPS) is 17.4. The van der Waals surface area contributed by atoms with Crippen LogP contribution in [0.5, 0.6) is 0 Å². The second-order valence-electron chi connectivity index (χ2n) is 7.77. The number of carbonyl (C=O) groups is 1. The maximum Gasteiger partial charge on any atom is 0.323 e. The van der Waals surface area contributed by atoms with Gasteiger partial charge < -0.3 is 10.2 Å². The molecule has 0 radical (unpaired) electrons. The van der Waals surface area contributed by atoms with Crippen molar-refractivity contribution in [2.75, 3.05) is 17.6 Å². The van der Waals surface area contributed by atoms with Crippen LogP contribution in [-0.4, -0.2) is 23.2 Å². The fraction of sp³-hybridized carbons (Fsp3) is 0.409. The van der Waals surface area contributed by atoms with Crippen molar-refractivity contribution in [3.63, 3.8) is 0 Å². The summed E-state index contributed by atoms with van der Waals surface area (Å²) >= 11 is 1.83. The van der Waals surface area contributed by atoms with Gasteiger partial charge in [-0.1, -0.05) is 64.1 Å². The summed E-state index contributed by atoms with van der Waals surface area (Å²) in [6, 6.07) is 16.8. The lowest BCUT2D eigenvalue weighted by Gasteiger charge is -2.25. The molecule has 0 unspecified atom stereocenters. The quantitative estimate of drug-likeness (QED) is 0.739. The van der Waals surface area contributed by atoms with Crippen LogP contribution < -0.4 is 5.32 Å². The van der Waals surface area contributed by atoms with Crippen LogP contribution in [0.1, 0.15) is 49.8 Å². The fourth-order valence-corrected chi connectivity index (χ4v) is 4.42. The Morgan fingerprint density at radius 3 is 2.58 bits per heavy atom. The van der Waals surface area contributed by atoms with E-state index in [-0.39, 0.29) is 16.8 Å². The number of thioether (sulfide) groups is 1. The lowest BCUT2D eigenvalue weighted by molar-refractivity contribution is 0.214. The van der Waals surface area contributed by atoms with Crippen LogP contribution in [0.3, 0.4) is 0 Å². The Balaban J connectivity index is 1.74. The number of anilines is 1. The van der Waals surface area contributed by atoms with Crippen molar-refractivity contribution >= 4 is 23.5 Å². The molecule has 1 fully saturated rings. The van der Waals surface area contributed by atoms with Crippen molar-refractivity contribution in [1.82, 2.24) is 4.90 Å². The van der Waals surface area contributed by atoms with Gasteiger partial charge in [0.15, 0.2) is 0 Å². The Morgan fingerprint density at radius 2 is 1.92 bits per heavy atom. The summed E-state index contributed by atoms with van der Waals surface area (Å²) in [5.41, 5.74) is 4.75. The van der Waals surface area contributed by atoms with Crippen LogP contribution in [0.2, 0.25) is 0 Å². The van der Waals surface area contributed by atoms with Crippen LogP contribution in [-0.2, 0) is 11.8 Å². The largest absolute Gasteiger partial charge is 0.323 e. The molecule has 3 rings (SSSR count). The van der Waals surface area contributed by atoms with Crippen LogP contribution >= 0.6 is 11.8 Å². The number of hydrogen-bond donors (Lipinski definition) is 1. The third-order valence-corrected chi connectivity index (χ3v) is 6.06. The molecular weight excluding hydrogens is 340 g/mol. The Labute approximate surface area is 161 Å². The van der Waals surface area contributed by atoms with Gasteiger partial charge in [-0.3, -0.25) is 0 Å². The SMILES string of the molecule is CCc1cccc(NC(=O)N2CCS[C@@H]2c2ccc(C(C)(C)C)cc2)c1. The van der Waals surface area contributed by atoms with Crippen molar-refractivity contribution < 1.29 is 4.79 Å². The van der Waals surface area contributed by atoms with Gasteiger partial charge >= 0.3 is 6.03 Å². The van der Waals surface area contributed by atoms with Crippen LogP contribution in [0, 0.1) is 0 Å². The Hall–Kier alpha value is -1.94. The highest BCUT2D eigenvalue weighted by molar-refractivity contribution is 7.99. The molecule has 0 spiro atoms.